The first kappa shape index (κ1) is 18.7. The monoisotopic (exact) mass is 363 g/mol. The number of carbonyl (C=O) groups is 1. The van der Waals surface area contributed by atoms with Crippen molar-refractivity contribution in [1.29, 1.82) is 0 Å². The van der Waals surface area contributed by atoms with Crippen molar-refractivity contribution in [1.82, 2.24) is 15.1 Å². The molecular formula is C22H25N3O2. The minimum absolute atomic E-state index is 0.109. The molecule has 0 aliphatic heterocycles. The zero-order valence-corrected chi connectivity index (χ0v) is 16.0. The van der Waals surface area contributed by atoms with Gasteiger partial charge in [-0.05, 0) is 41.3 Å². The number of hydrogen-bond acceptors (Lipinski definition) is 3. The largest absolute Gasteiger partial charge is 0.489 e. The Morgan fingerprint density at radius 2 is 1.93 bits per heavy atom. The van der Waals surface area contributed by atoms with Gasteiger partial charge in [-0.15, -0.1) is 0 Å². The van der Waals surface area contributed by atoms with Gasteiger partial charge in [0.15, 0.2) is 0 Å². The van der Waals surface area contributed by atoms with Gasteiger partial charge in [-0.1, -0.05) is 38.1 Å². The molecule has 1 amide bonds. The molecule has 1 N–H and O–H groups in total. The smallest absolute Gasteiger partial charge is 0.251 e. The number of rotatable bonds is 7. The first-order valence-corrected chi connectivity index (χ1v) is 9.08. The number of benzene rings is 2. The molecule has 1 aromatic heterocycles. The fraction of sp³-hybridized carbons (Fsp3) is 0.273. The molecule has 0 aliphatic rings. The Morgan fingerprint density at radius 1 is 1.15 bits per heavy atom. The predicted molar refractivity (Wildman–Crippen MR) is 106 cm³/mol. The van der Waals surface area contributed by atoms with E-state index in [0.29, 0.717) is 24.6 Å². The van der Waals surface area contributed by atoms with Gasteiger partial charge >= 0.3 is 0 Å². The number of carbonyl (C=O) groups excluding carboxylic acids is 1. The lowest BCUT2D eigenvalue weighted by Crippen LogP contribution is -2.22. The number of nitrogens with zero attached hydrogens (tertiary/aromatic N) is 2. The van der Waals surface area contributed by atoms with E-state index in [1.807, 2.05) is 43.6 Å². The number of amides is 1. The molecule has 0 spiro atoms. The molecule has 140 valence electrons. The normalized spacial score (nSPS) is 10.8. The summed E-state index contributed by atoms with van der Waals surface area (Å²) in [7, 11) is 1.85. The molecule has 0 saturated heterocycles. The minimum Gasteiger partial charge on any atom is -0.489 e. The molecular weight excluding hydrogens is 338 g/mol. The molecule has 3 aromatic rings. The third-order valence-corrected chi connectivity index (χ3v) is 4.35. The zero-order chi connectivity index (χ0) is 19.2. The molecule has 2 aromatic carbocycles. The van der Waals surface area contributed by atoms with Crippen molar-refractivity contribution in [2.75, 3.05) is 0 Å². The van der Waals surface area contributed by atoms with E-state index in [1.165, 1.54) is 5.56 Å². The van der Waals surface area contributed by atoms with E-state index in [1.54, 1.807) is 16.9 Å². The maximum absolute atomic E-state index is 12.4. The molecule has 1 heterocycles. The van der Waals surface area contributed by atoms with E-state index in [4.69, 9.17) is 4.74 Å². The summed E-state index contributed by atoms with van der Waals surface area (Å²) in [5.74, 6) is 1.22. The van der Waals surface area contributed by atoms with Crippen LogP contribution in [0.3, 0.4) is 0 Å². The molecule has 0 aliphatic carbocycles. The van der Waals surface area contributed by atoms with Gasteiger partial charge < -0.3 is 10.1 Å². The van der Waals surface area contributed by atoms with Crippen LogP contribution >= 0.6 is 0 Å². The number of ether oxygens (including phenoxy) is 1. The first-order chi connectivity index (χ1) is 13.0. The molecule has 0 atom stereocenters. The summed E-state index contributed by atoms with van der Waals surface area (Å²) in [6, 6.07) is 15.6. The van der Waals surface area contributed by atoms with Gasteiger partial charge in [-0.25, -0.2) is 0 Å². The van der Waals surface area contributed by atoms with Crippen molar-refractivity contribution in [2.45, 2.75) is 32.9 Å². The fourth-order valence-electron chi connectivity index (χ4n) is 2.77. The van der Waals surface area contributed by atoms with Crippen LogP contribution in [0.25, 0.3) is 0 Å². The Bertz CT molecular complexity index is 898. The van der Waals surface area contributed by atoms with Crippen molar-refractivity contribution < 1.29 is 9.53 Å². The van der Waals surface area contributed by atoms with Crippen molar-refractivity contribution >= 4 is 5.91 Å². The maximum Gasteiger partial charge on any atom is 0.251 e. The van der Waals surface area contributed by atoms with Gasteiger partial charge in [0.25, 0.3) is 5.91 Å². The molecule has 3 rings (SSSR count). The summed E-state index contributed by atoms with van der Waals surface area (Å²) >= 11 is 0. The Balaban J connectivity index is 1.57. The van der Waals surface area contributed by atoms with Gasteiger partial charge in [0, 0.05) is 30.9 Å². The second kappa shape index (κ2) is 8.54. The average Bonchev–Trinajstić information content (AvgIpc) is 3.10. The van der Waals surface area contributed by atoms with Crippen LogP contribution in [0.1, 0.15) is 46.8 Å². The molecule has 27 heavy (non-hydrogen) atoms. The van der Waals surface area contributed by atoms with E-state index in [-0.39, 0.29) is 5.91 Å². The summed E-state index contributed by atoms with van der Waals surface area (Å²) in [6.45, 7) is 5.21. The second-order valence-corrected chi connectivity index (χ2v) is 6.92. The SMILES string of the molecule is CC(C)c1ccc(OCc2cccc(C(=O)NCc3cnn(C)c3)c2)cc1. The van der Waals surface area contributed by atoms with Crippen LogP contribution < -0.4 is 10.1 Å². The summed E-state index contributed by atoms with van der Waals surface area (Å²) in [5.41, 5.74) is 3.83. The van der Waals surface area contributed by atoms with Crippen LogP contribution in [0.2, 0.25) is 0 Å². The second-order valence-electron chi connectivity index (χ2n) is 6.92. The van der Waals surface area contributed by atoms with Crippen molar-refractivity contribution in [2.24, 2.45) is 7.05 Å². The van der Waals surface area contributed by atoms with Crippen molar-refractivity contribution in [3.05, 3.63) is 83.2 Å². The van der Waals surface area contributed by atoms with E-state index in [9.17, 15) is 4.79 Å². The average molecular weight is 363 g/mol. The van der Waals surface area contributed by atoms with Gasteiger partial charge in [0.2, 0.25) is 0 Å². The number of aryl methyl sites for hydroxylation is 1. The minimum atomic E-state index is -0.109. The third-order valence-electron chi connectivity index (χ3n) is 4.35. The van der Waals surface area contributed by atoms with E-state index in [0.717, 1.165) is 16.9 Å². The topological polar surface area (TPSA) is 56.1 Å². The molecule has 5 nitrogen and oxygen atoms in total. The Hall–Kier alpha value is -3.08. The first-order valence-electron chi connectivity index (χ1n) is 9.08. The molecule has 0 fully saturated rings. The summed E-state index contributed by atoms with van der Waals surface area (Å²) in [5, 5.41) is 7.01. The highest BCUT2D eigenvalue weighted by atomic mass is 16.5. The van der Waals surface area contributed by atoms with Crippen LogP contribution in [0.5, 0.6) is 5.75 Å². The van der Waals surface area contributed by atoms with E-state index in [2.05, 4.69) is 36.4 Å². The van der Waals surface area contributed by atoms with Gasteiger partial charge in [0.1, 0.15) is 12.4 Å². The molecule has 5 heteroatoms. The van der Waals surface area contributed by atoms with E-state index < -0.39 is 0 Å². The number of aromatic nitrogens is 2. The molecule has 0 bridgehead atoms. The van der Waals surface area contributed by atoms with E-state index >= 15 is 0 Å². The lowest BCUT2D eigenvalue weighted by atomic mass is 10.0. The van der Waals surface area contributed by atoms with Crippen LogP contribution in [0.4, 0.5) is 0 Å². The summed E-state index contributed by atoms with van der Waals surface area (Å²) in [4.78, 5) is 12.4. The molecule has 0 unspecified atom stereocenters. The summed E-state index contributed by atoms with van der Waals surface area (Å²) < 4.78 is 7.57. The standard InChI is InChI=1S/C22H25N3O2/c1-16(2)19-7-9-21(10-8-19)27-15-17-5-4-6-20(11-17)22(26)23-12-18-13-24-25(3)14-18/h4-11,13-14,16H,12,15H2,1-3H3,(H,23,26). The lowest BCUT2D eigenvalue weighted by Gasteiger charge is -2.10. The quantitative estimate of drug-likeness (QED) is 0.689. The van der Waals surface area contributed by atoms with Crippen molar-refractivity contribution in [3.8, 4) is 5.75 Å². The van der Waals surface area contributed by atoms with Crippen LogP contribution in [-0.4, -0.2) is 15.7 Å². The third kappa shape index (κ3) is 5.20. The lowest BCUT2D eigenvalue weighted by molar-refractivity contribution is 0.0950. The predicted octanol–water partition coefficient (Wildman–Crippen LogP) is 4.05. The zero-order valence-electron chi connectivity index (χ0n) is 16.0. The van der Waals surface area contributed by atoms with Gasteiger partial charge in [-0.3, -0.25) is 9.48 Å². The van der Waals surface area contributed by atoms with Crippen LogP contribution in [0, 0.1) is 0 Å². The highest BCUT2D eigenvalue weighted by molar-refractivity contribution is 5.94. The highest BCUT2D eigenvalue weighted by Gasteiger charge is 2.07. The Morgan fingerprint density at radius 3 is 2.59 bits per heavy atom. The summed E-state index contributed by atoms with van der Waals surface area (Å²) in [6.07, 6.45) is 3.63. The fourth-order valence-corrected chi connectivity index (χ4v) is 2.77. The van der Waals surface area contributed by atoms with Crippen LogP contribution in [0.15, 0.2) is 60.9 Å². The number of hydrogen-bond donors (Lipinski definition) is 1. The van der Waals surface area contributed by atoms with Gasteiger partial charge in [0.05, 0.1) is 6.20 Å². The number of nitrogens with one attached hydrogen (secondary N) is 1. The highest BCUT2D eigenvalue weighted by Crippen LogP contribution is 2.19. The molecule has 0 saturated carbocycles. The Kier molecular flexibility index (Phi) is 5.91. The Labute approximate surface area is 160 Å². The van der Waals surface area contributed by atoms with Crippen molar-refractivity contribution in [3.63, 3.8) is 0 Å². The maximum atomic E-state index is 12.4. The molecule has 0 radical (unpaired) electrons. The van der Waals surface area contributed by atoms with Gasteiger partial charge in [-0.2, -0.15) is 5.10 Å². The van der Waals surface area contributed by atoms with Crippen LogP contribution in [-0.2, 0) is 20.2 Å².